The average Bonchev–Trinajstić information content (AvgIpc) is 3.38. The number of anilines is 1. The minimum Gasteiger partial charge on any atom is -0.356 e. The van der Waals surface area contributed by atoms with Crippen molar-refractivity contribution < 1.29 is 0 Å². The van der Waals surface area contributed by atoms with Crippen LogP contribution < -0.4 is 4.90 Å². The van der Waals surface area contributed by atoms with Crippen LogP contribution in [-0.4, -0.2) is 55.8 Å². The summed E-state index contributed by atoms with van der Waals surface area (Å²) in [5.74, 6) is 3.88. The Kier molecular flexibility index (Phi) is 5.66. The molecule has 0 bridgehead atoms. The number of hydrogen-bond donors (Lipinski definition) is 0. The summed E-state index contributed by atoms with van der Waals surface area (Å²) in [6.45, 7) is 10.7. The predicted molar refractivity (Wildman–Crippen MR) is 106 cm³/mol. The van der Waals surface area contributed by atoms with Gasteiger partial charge in [0.05, 0.1) is 6.54 Å². The standard InChI is InChI=1S/C20H31N7/c1-3-17-13-18(22-15-21-17)26-11-7-16(8-12-26)20-24-23-19(27(20)4-2)14-25-9-5-6-10-25/h13,15-16H,3-12,14H2,1-2H3. The van der Waals surface area contributed by atoms with Crippen molar-refractivity contribution in [3.05, 3.63) is 29.7 Å². The molecule has 7 heteroatoms. The first-order valence-corrected chi connectivity index (χ1v) is 10.5. The summed E-state index contributed by atoms with van der Waals surface area (Å²) in [6.07, 6.45) is 7.48. The highest BCUT2D eigenvalue weighted by molar-refractivity contribution is 5.39. The zero-order chi connectivity index (χ0) is 18.6. The second kappa shape index (κ2) is 8.33. The molecule has 0 spiro atoms. The Labute approximate surface area is 161 Å². The summed E-state index contributed by atoms with van der Waals surface area (Å²) in [5, 5.41) is 9.18. The van der Waals surface area contributed by atoms with E-state index < -0.39 is 0 Å². The lowest BCUT2D eigenvalue weighted by Crippen LogP contribution is -2.34. The highest BCUT2D eigenvalue weighted by Crippen LogP contribution is 2.29. The Hall–Kier alpha value is -2.02. The Morgan fingerprint density at radius 1 is 1.00 bits per heavy atom. The van der Waals surface area contributed by atoms with Crippen LogP contribution in [0.1, 0.15) is 62.8 Å². The van der Waals surface area contributed by atoms with Gasteiger partial charge in [-0.3, -0.25) is 4.90 Å². The van der Waals surface area contributed by atoms with Crippen LogP contribution in [0.25, 0.3) is 0 Å². The Morgan fingerprint density at radius 3 is 2.48 bits per heavy atom. The van der Waals surface area contributed by atoms with Crippen molar-refractivity contribution in [1.29, 1.82) is 0 Å². The van der Waals surface area contributed by atoms with E-state index in [1.165, 1.54) is 31.8 Å². The molecule has 0 N–H and O–H groups in total. The van der Waals surface area contributed by atoms with Crippen molar-refractivity contribution in [1.82, 2.24) is 29.6 Å². The van der Waals surface area contributed by atoms with Crippen molar-refractivity contribution in [2.24, 2.45) is 0 Å². The fraction of sp³-hybridized carbons (Fsp3) is 0.700. The first-order valence-electron chi connectivity index (χ1n) is 10.5. The Bertz CT molecular complexity index is 743. The number of likely N-dealkylation sites (tertiary alicyclic amines) is 1. The van der Waals surface area contributed by atoms with E-state index in [0.29, 0.717) is 5.92 Å². The normalized spacial score (nSPS) is 19.1. The summed E-state index contributed by atoms with van der Waals surface area (Å²) in [6, 6.07) is 2.13. The van der Waals surface area contributed by atoms with Gasteiger partial charge in [-0.1, -0.05) is 6.92 Å². The highest BCUT2D eigenvalue weighted by Gasteiger charge is 2.27. The highest BCUT2D eigenvalue weighted by atomic mass is 15.3. The average molecular weight is 370 g/mol. The van der Waals surface area contributed by atoms with Crippen LogP contribution in [0.4, 0.5) is 5.82 Å². The van der Waals surface area contributed by atoms with E-state index in [-0.39, 0.29) is 0 Å². The van der Waals surface area contributed by atoms with E-state index in [4.69, 9.17) is 0 Å². The molecule has 0 saturated carbocycles. The molecule has 2 saturated heterocycles. The molecule has 0 amide bonds. The topological polar surface area (TPSA) is 63.0 Å². The van der Waals surface area contributed by atoms with Crippen LogP contribution in [0.2, 0.25) is 0 Å². The molecule has 0 radical (unpaired) electrons. The molecule has 2 fully saturated rings. The predicted octanol–water partition coefficient (Wildman–Crippen LogP) is 2.63. The molecule has 4 rings (SSSR count). The van der Waals surface area contributed by atoms with Crippen molar-refractivity contribution in [2.45, 2.75) is 65.0 Å². The van der Waals surface area contributed by atoms with Gasteiger partial charge in [0.1, 0.15) is 23.8 Å². The molecule has 0 aliphatic carbocycles. The summed E-state index contributed by atoms with van der Waals surface area (Å²) < 4.78 is 2.36. The zero-order valence-corrected chi connectivity index (χ0v) is 16.6. The number of piperidine rings is 1. The van der Waals surface area contributed by atoms with E-state index >= 15 is 0 Å². The number of nitrogens with zero attached hydrogens (tertiary/aromatic N) is 7. The van der Waals surface area contributed by atoms with E-state index in [0.717, 1.165) is 62.8 Å². The van der Waals surface area contributed by atoms with Gasteiger partial charge < -0.3 is 9.47 Å². The first kappa shape index (κ1) is 18.3. The van der Waals surface area contributed by atoms with E-state index in [1.54, 1.807) is 6.33 Å². The quantitative estimate of drug-likeness (QED) is 0.780. The largest absolute Gasteiger partial charge is 0.356 e. The lowest BCUT2D eigenvalue weighted by molar-refractivity contribution is 0.315. The molecule has 0 atom stereocenters. The van der Waals surface area contributed by atoms with Crippen molar-refractivity contribution >= 4 is 5.82 Å². The summed E-state index contributed by atoms with van der Waals surface area (Å²) in [7, 11) is 0. The van der Waals surface area contributed by atoms with E-state index in [1.807, 2.05) is 0 Å². The van der Waals surface area contributed by atoms with Gasteiger partial charge in [-0.15, -0.1) is 10.2 Å². The van der Waals surface area contributed by atoms with Crippen LogP contribution in [0.5, 0.6) is 0 Å². The molecular weight excluding hydrogens is 338 g/mol. The maximum Gasteiger partial charge on any atom is 0.147 e. The van der Waals surface area contributed by atoms with Gasteiger partial charge in [0.2, 0.25) is 0 Å². The van der Waals surface area contributed by atoms with Gasteiger partial charge in [-0.2, -0.15) is 0 Å². The van der Waals surface area contributed by atoms with Crippen LogP contribution in [0.15, 0.2) is 12.4 Å². The first-order chi connectivity index (χ1) is 13.3. The monoisotopic (exact) mass is 369 g/mol. The van der Waals surface area contributed by atoms with Gasteiger partial charge in [0.25, 0.3) is 0 Å². The fourth-order valence-corrected chi connectivity index (χ4v) is 4.37. The maximum atomic E-state index is 4.62. The molecule has 27 heavy (non-hydrogen) atoms. The third kappa shape index (κ3) is 3.98. The fourth-order valence-electron chi connectivity index (χ4n) is 4.37. The smallest absolute Gasteiger partial charge is 0.147 e. The second-order valence-electron chi connectivity index (χ2n) is 7.68. The molecule has 0 aromatic carbocycles. The lowest BCUT2D eigenvalue weighted by atomic mass is 9.96. The summed E-state index contributed by atoms with van der Waals surface area (Å²) >= 11 is 0. The molecule has 4 heterocycles. The van der Waals surface area contributed by atoms with Crippen LogP contribution in [-0.2, 0) is 19.5 Å². The minimum atomic E-state index is 0.494. The van der Waals surface area contributed by atoms with Crippen molar-refractivity contribution in [2.75, 3.05) is 31.1 Å². The van der Waals surface area contributed by atoms with E-state index in [2.05, 4.69) is 54.4 Å². The van der Waals surface area contributed by atoms with Crippen molar-refractivity contribution in [3.63, 3.8) is 0 Å². The number of hydrogen-bond acceptors (Lipinski definition) is 6. The van der Waals surface area contributed by atoms with Gasteiger partial charge in [0, 0.05) is 37.3 Å². The molecule has 0 unspecified atom stereocenters. The molecule has 2 aromatic heterocycles. The van der Waals surface area contributed by atoms with Crippen molar-refractivity contribution in [3.8, 4) is 0 Å². The Balaban J connectivity index is 1.42. The SMILES string of the molecule is CCc1cc(N2CCC(c3nnc(CN4CCCC4)n3CC)CC2)ncn1. The van der Waals surface area contributed by atoms with Crippen LogP contribution in [0.3, 0.4) is 0 Å². The number of aromatic nitrogens is 5. The van der Waals surface area contributed by atoms with Gasteiger partial charge in [-0.05, 0) is 52.1 Å². The van der Waals surface area contributed by atoms with Crippen LogP contribution in [0, 0.1) is 0 Å². The van der Waals surface area contributed by atoms with Gasteiger partial charge in [0.15, 0.2) is 0 Å². The molecule has 2 aliphatic rings. The third-order valence-corrected chi connectivity index (χ3v) is 5.99. The lowest BCUT2D eigenvalue weighted by Gasteiger charge is -2.32. The third-order valence-electron chi connectivity index (χ3n) is 5.99. The molecular formula is C20H31N7. The van der Waals surface area contributed by atoms with Crippen LogP contribution >= 0.6 is 0 Å². The maximum absolute atomic E-state index is 4.62. The molecule has 2 aromatic rings. The van der Waals surface area contributed by atoms with Gasteiger partial charge >= 0.3 is 0 Å². The zero-order valence-electron chi connectivity index (χ0n) is 16.6. The number of rotatable bonds is 6. The summed E-state index contributed by atoms with van der Waals surface area (Å²) in [5.41, 5.74) is 1.11. The summed E-state index contributed by atoms with van der Waals surface area (Å²) in [4.78, 5) is 13.7. The van der Waals surface area contributed by atoms with E-state index in [9.17, 15) is 0 Å². The Morgan fingerprint density at radius 2 is 1.78 bits per heavy atom. The molecule has 2 aliphatic heterocycles. The number of aryl methyl sites for hydroxylation is 1. The minimum absolute atomic E-state index is 0.494. The second-order valence-corrected chi connectivity index (χ2v) is 7.68. The molecule has 146 valence electrons. The van der Waals surface area contributed by atoms with Gasteiger partial charge in [-0.25, -0.2) is 9.97 Å². The molecule has 7 nitrogen and oxygen atoms in total.